The van der Waals surface area contributed by atoms with Crippen molar-refractivity contribution in [1.29, 1.82) is 0 Å². The molecule has 33 heavy (non-hydrogen) atoms. The SMILES string of the molecule is CCCc1c(OCCCOc2ccc(C(O)C(C)CC(=O)O)cc2)ccc(C(C)=O)c1O.[NaH]. The number of carbonyl (C=O) groups excluding carboxylic acids is 1. The second-order valence-corrected chi connectivity index (χ2v) is 7.88. The Balaban J connectivity index is 0.00000544. The van der Waals surface area contributed by atoms with Gasteiger partial charge in [-0.15, -0.1) is 0 Å². The third-order valence-corrected chi connectivity index (χ3v) is 5.19. The van der Waals surface area contributed by atoms with Crippen LogP contribution in [0.3, 0.4) is 0 Å². The van der Waals surface area contributed by atoms with Gasteiger partial charge in [0.2, 0.25) is 0 Å². The van der Waals surface area contributed by atoms with E-state index < -0.39 is 18.0 Å². The summed E-state index contributed by atoms with van der Waals surface area (Å²) in [5.41, 5.74) is 1.59. The van der Waals surface area contributed by atoms with Crippen molar-refractivity contribution in [3.8, 4) is 17.2 Å². The van der Waals surface area contributed by atoms with Crippen LogP contribution in [0.15, 0.2) is 36.4 Å². The van der Waals surface area contributed by atoms with Crippen LogP contribution in [0.2, 0.25) is 0 Å². The van der Waals surface area contributed by atoms with E-state index in [1.54, 1.807) is 43.3 Å². The number of carboxylic acids is 1. The molecule has 2 rings (SSSR count). The molecular weight excluding hydrogens is 435 g/mol. The van der Waals surface area contributed by atoms with E-state index in [-0.39, 0.29) is 47.5 Å². The van der Waals surface area contributed by atoms with Crippen LogP contribution >= 0.6 is 0 Å². The fraction of sp³-hybridized carbons (Fsp3) is 0.440. The Kier molecular flexibility index (Phi) is 12.5. The zero-order valence-electron chi connectivity index (χ0n) is 18.8. The molecule has 0 saturated heterocycles. The van der Waals surface area contributed by atoms with Crippen LogP contribution in [0, 0.1) is 5.92 Å². The van der Waals surface area contributed by atoms with Gasteiger partial charge in [0.25, 0.3) is 0 Å². The van der Waals surface area contributed by atoms with Gasteiger partial charge in [-0.3, -0.25) is 9.59 Å². The van der Waals surface area contributed by atoms with Gasteiger partial charge in [-0.2, -0.15) is 0 Å². The minimum atomic E-state index is -0.939. The third-order valence-electron chi connectivity index (χ3n) is 5.19. The molecule has 0 radical (unpaired) electrons. The Labute approximate surface area is 217 Å². The number of ketones is 1. The van der Waals surface area contributed by atoms with Gasteiger partial charge in [-0.25, -0.2) is 0 Å². The monoisotopic (exact) mass is 468 g/mol. The normalized spacial score (nSPS) is 12.4. The molecule has 176 valence electrons. The first-order chi connectivity index (χ1) is 15.2. The summed E-state index contributed by atoms with van der Waals surface area (Å²) in [5.74, 6) is -0.309. The van der Waals surface area contributed by atoms with Crippen LogP contribution in [0.25, 0.3) is 0 Å². The van der Waals surface area contributed by atoms with E-state index in [4.69, 9.17) is 14.6 Å². The van der Waals surface area contributed by atoms with Crippen LogP contribution < -0.4 is 9.47 Å². The van der Waals surface area contributed by atoms with E-state index in [1.165, 1.54) is 6.92 Å². The van der Waals surface area contributed by atoms with Crippen LogP contribution in [-0.4, -0.2) is 69.8 Å². The van der Waals surface area contributed by atoms with Crippen molar-refractivity contribution in [3.05, 3.63) is 53.1 Å². The van der Waals surface area contributed by atoms with Gasteiger partial charge in [-0.1, -0.05) is 32.4 Å². The molecule has 0 heterocycles. The van der Waals surface area contributed by atoms with Crippen LogP contribution in [-0.2, 0) is 11.2 Å². The Hall–Kier alpha value is -2.06. The Morgan fingerprint density at radius 2 is 1.67 bits per heavy atom. The van der Waals surface area contributed by atoms with E-state index in [9.17, 15) is 19.8 Å². The standard InChI is InChI=1S/C25H32O7.Na.H/c1-4-6-21-22(12-11-20(17(3)26)25(21)30)32-14-5-13-31-19-9-7-18(8-10-19)24(29)16(2)15-23(27)28;;/h7-12,16,24,29-30H,4-6,13-15H2,1-3H3,(H,27,28);;. The van der Waals surface area contributed by atoms with Gasteiger partial charge in [-0.05, 0) is 49.1 Å². The second kappa shape index (κ2) is 14.3. The molecule has 7 nitrogen and oxygen atoms in total. The number of hydrogen-bond donors (Lipinski definition) is 3. The van der Waals surface area contributed by atoms with Crippen molar-refractivity contribution < 1.29 is 34.4 Å². The summed E-state index contributed by atoms with van der Waals surface area (Å²) in [5, 5.41) is 29.5. The number of ether oxygens (including phenoxy) is 2. The van der Waals surface area contributed by atoms with Crippen molar-refractivity contribution in [1.82, 2.24) is 0 Å². The minimum absolute atomic E-state index is 0. The van der Waals surface area contributed by atoms with Crippen molar-refractivity contribution >= 4 is 41.3 Å². The predicted molar refractivity (Wildman–Crippen MR) is 128 cm³/mol. The van der Waals surface area contributed by atoms with E-state index in [1.807, 2.05) is 6.92 Å². The summed E-state index contributed by atoms with van der Waals surface area (Å²) >= 11 is 0. The molecule has 0 bridgehead atoms. The van der Waals surface area contributed by atoms with Crippen LogP contribution in [0.4, 0.5) is 0 Å². The average molecular weight is 469 g/mol. The summed E-state index contributed by atoms with van der Waals surface area (Å²) in [6, 6.07) is 10.2. The average Bonchev–Trinajstić information content (AvgIpc) is 2.75. The van der Waals surface area contributed by atoms with Gasteiger partial charge < -0.3 is 24.8 Å². The van der Waals surface area contributed by atoms with Crippen molar-refractivity contribution in [3.63, 3.8) is 0 Å². The van der Waals surface area contributed by atoms with Crippen molar-refractivity contribution in [2.45, 2.75) is 52.6 Å². The van der Waals surface area contributed by atoms with Gasteiger partial charge in [0, 0.05) is 12.0 Å². The van der Waals surface area contributed by atoms with E-state index in [2.05, 4.69) is 0 Å². The van der Waals surface area contributed by atoms with Crippen LogP contribution in [0.1, 0.15) is 67.6 Å². The van der Waals surface area contributed by atoms with Gasteiger partial charge in [0.15, 0.2) is 5.78 Å². The van der Waals surface area contributed by atoms with E-state index in [0.717, 1.165) is 6.42 Å². The molecule has 8 heteroatoms. The first-order valence-corrected chi connectivity index (χ1v) is 10.9. The molecule has 2 unspecified atom stereocenters. The number of aliphatic carboxylic acids is 1. The van der Waals surface area contributed by atoms with E-state index >= 15 is 0 Å². The zero-order chi connectivity index (χ0) is 23.7. The summed E-state index contributed by atoms with van der Waals surface area (Å²) in [7, 11) is 0. The maximum atomic E-state index is 11.6. The molecule has 2 aromatic rings. The summed E-state index contributed by atoms with van der Waals surface area (Å²) < 4.78 is 11.5. The summed E-state index contributed by atoms with van der Waals surface area (Å²) in [6.45, 7) is 5.92. The number of carboxylic acid groups (broad SMARTS) is 1. The fourth-order valence-corrected chi connectivity index (χ4v) is 3.44. The number of hydrogen-bond acceptors (Lipinski definition) is 6. The number of rotatable bonds is 13. The zero-order valence-corrected chi connectivity index (χ0v) is 18.8. The summed E-state index contributed by atoms with van der Waals surface area (Å²) in [4.78, 5) is 22.5. The molecular formula is C25H33NaO7. The van der Waals surface area contributed by atoms with Crippen molar-refractivity contribution in [2.24, 2.45) is 5.92 Å². The van der Waals surface area contributed by atoms with Gasteiger partial charge in [0.1, 0.15) is 17.2 Å². The first kappa shape index (κ1) is 29.0. The second-order valence-electron chi connectivity index (χ2n) is 7.88. The summed E-state index contributed by atoms with van der Waals surface area (Å²) in [6.07, 6.45) is 1.09. The van der Waals surface area contributed by atoms with Gasteiger partial charge >= 0.3 is 35.5 Å². The quantitative estimate of drug-likeness (QED) is 0.232. The third kappa shape index (κ3) is 8.66. The number of aromatic hydroxyl groups is 1. The Morgan fingerprint density at radius 3 is 2.24 bits per heavy atom. The molecule has 0 aliphatic heterocycles. The number of aliphatic hydroxyl groups excluding tert-OH is 1. The molecule has 2 aromatic carbocycles. The number of Topliss-reactive ketones (excluding diaryl/α,β-unsaturated/α-hetero) is 1. The topological polar surface area (TPSA) is 113 Å². The number of carbonyl (C=O) groups is 2. The fourth-order valence-electron chi connectivity index (χ4n) is 3.44. The molecule has 0 fully saturated rings. The predicted octanol–water partition coefficient (Wildman–Crippen LogP) is 3.89. The molecule has 0 saturated carbocycles. The molecule has 3 N–H and O–H groups in total. The molecule has 0 spiro atoms. The Bertz CT molecular complexity index is 912. The molecule has 2 atom stereocenters. The van der Waals surface area contributed by atoms with E-state index in [0.29, 0.717) is 54.2 Å². The molecule has 0 aromatic heterocycles. The van der Waals surface area contributed by atoms with Crippen LogP contribution in [0.5, 0.6) is 17.2 Å². The first-order valence-electron chi connectivity index (χ1n) is 10.9. The molecule has 0 amide bonds. The Morgan fingerprint density at radius 1 is 1.03 bits per heavy atom. The van der Waals surface area contributed by atoms with Gasteiger partial charge in [0.05, 0.1) is 31.3 Å². The maximum absolute atomic E-state index is 11.6. The number of phenols is 1. The molecule has 0 aliphatic rings. The molecule has 0 aliphatic carbocycles. The number of aliphatic hydroxyl groups is 1. The number of phenolic OH excluding ortho intramolecular Hbond substituents is 1. The number of benzene rings is 2. The van der Waals surface area contributed by atoms with Crippen molar-refractivity contribution in [2.75, 3.05) is 13.2 Å².